The zero-order chi connectivity index (χ0) is 28.6. The van der Waals surface area contributed by atoms with Crippen molar-refractivity contribution in [2.45, 2.75) is 0 Å². The fraction of sp³-hybridized carbons (Fsp3) is 0. The van der Waals surface area contributed by atoms with Gasteiger partial charge in [0.05, 0.1) is 40.7 Å². The number of rotatable bonds is 0. The van der Waals surface area contributed by atoms with Gasteiger partial charge in [0, 0.05) is 18.6 Å². The summed E-state index contributed by atoms with van der Waals surface area (Å²) in [5, 5.41) is 118. The fourth-order valence-corrected chi connectivity index (χ4v) is 0. The number of nitrogens with zero attached hydrogens (tertiary/aromatic N) is 8. The Morgan fingerprint density at radius 1 is 0.235 bits per heavy atom. The van der Waals surface area contributed by atoms with Crippen molar-refractivity contribution in [3.05, 3.63) is 123 Å². The molecule has 0 aromatic heterocycles. The molecule has 34 heavy (non-hydrogen) atoms. The maximum Gasteiger partial charge on any atom is 3.00 e. The average Bonchev–Trinajstić information content (AvgIpc) is 2.30. The van der Waals surface area contributed by atoms with Gasteiger partial charge in [-0.05, 0) is 0 Å². The molecule has 1 radical (unpaired) electrons. The second-order valence-corrected chi connectivity index (χ2v) is 1.79. The van der Waals surface area contributed by atoms with Crippen LogP contribution in [0.25, 0.3) is 0 Å². The van der Waals surface area contributed by atoms with Crippen LogP contribution in [0.5, 0.6) is 0 Å². The summed E-state index contributed by atoms with van der Waals surface area (Å²) in [5.74, 6) is 0. The van der Waals surface area contributed by atoms with E-state index in [-0.39, 0.29) is 54.2 Å². The summed E-state index contributed by atoms with van der Waals surface area (Å²) < 4.78 is 0. The van der Waals surface area contributed by atoms with Gasteiger partial charge in [-0.15, -0.1) is 0 Å². The van der Waals surface area contributed by atoms with Crippen LogP contribution in [-0.4, -0.2) is 40.7 Å². The molecule has 0 saturated carbocycles. The quantitative estimate of drug-likeness (QED) is 0.198. The van der Waals surface area contributed by atoms with E-state index in [0.717, 1.165) is 0 Å². The van der Waals surface area contributed by atoms with Gasteiger partial charge in [-0.3, -0.25) is 0 Å². The fourth-order valence-electron chi connectivity index (χ4n) is 0. The maximum atomic E-state index is 8.25. The Labute approximate surface area is 217 Å². The molecular weight excluding hydrogens is 686 g/mol. The summed E-state index contributed by atoms with van der Waals surface area (Å²) in [7, 11) is 0. The molecule has 0 saturated heterocycles. The third-order valence-electron chi connectivity index (χ3n) is 0. The topological polar surface area (TPSA) is 530 Å². The first kappa shape index (κ1) is 63.0. The summed E-state index contributed by atoms with van der Waals surface area (Å²) >= 11 is 0. The molecule has 0 rings (SSSR count). The third-order valence-corrected chi connectivity index (χ3v) is 0. The largest absolute Gasteiger partial charge is 3.00 e. The molecule has 0 bridgehead atoms. The maximum absolute atomic E-state index is 8.25. The van der Waals surface area contributed by atoms with Crippen LogP contribution in [0.3, 0.4) is 0 Å². The van der Waals surface area contributed by atoms with Gasteiger partial charge >= 0.3 is 35.6 Å². The third kappa shape index (κ3) is 892. The summed E-state index contributed by atoms with van der Waals surface area (Å²) in [5.41, 5.74) is 0. The Balaban J connectivity index is -0.0000000240. The zero-order valence-corrected chi connectivity index (χ0v) is 19.4. The first-order valence-electron chi connectivity index (χ1n) is 4.38. The monoisotopic (exact) mass is 686 g/mol. The molecule has 0 aliphatic heterocycles. The Hall–Kier alpha value is -4.62. The van der Waals surface area contributed by atoms with Gasteiger partial charge in [0.25, 0.3) is 0 Å². The minimum atomic E-state index is -1.75. The van der Waals surface area contributed by atoms with Gasteiger partial charge < -0.3 is 123 Å². The normalized spacial score (nSPS) is 5.65. The second kappa shape index (κ2) is 56.6. The van der Waals surface area contributed by atoms with Crippen LogP contribution >= 0.6 is 0 Å². The molecule has 0 atom stereocenters. The number of hydrogen-bond donors (Lipinski definition) is 0. The van der Waals surface area contributed by atoms with Crippen molar-refractivity contribution in [1.82, 2.24) is 0 Å². The van der Waals surface area contributed by atoms with Gasteiger partial charge in [-0.1, -0.05) is 0 Å². The molecule has 0 aliphatic rings. The SMILES string of the molecule is O=[N+]([O-])[O-].O=[N+]([O-])[O-].O=[N+]([O-])[O-].O=[N+]([O-])[O-].O=[N+]([O-])[O-].O=[N+]([O-])[O-].O=[N+]([O-])[O-].O=[N+]([O-])[O-].[La+3].[V]. The van der Waals surface area contributed by atoms with E-state index in [1.165, 1.54) is 0 Å². The van der Waals surface area contributed by atoms with Crippen LogP contribution in [0.15, 0.2) is 0 Å². The molecule has 0 heterocycles. The Morgan fingerprint density at radius 2 is 0.235 bits per heavy atom. The van der Waals surface area contributed by atoms with E-state index in [0.29, 0.717) is 0 Å². The van der Waals surface area contributed by atoms with Gasteiger partial charge in [0.1, 0.15) is 0 Å². The smallest absolute Gasteiger partial charge is 0.356 e. The predicted octanol–water partition coefficient (Wildman–Crippen LogP) is -1.92. The van der Waals surface area contributed by atoms with Crippen LogP contribution in [0.1, 0.15) is 0 Å². The van der Waals surface area contributed by atoms with E-state index in [9.17, 15) is 0 Å². The first-order chi connectivity index (χ1) is 13.9. The Bertz CT molecular complexity index is 367. The van der Waals surface area contributed by atoms with Crippen molar-refractivity contribution in [1.29, 1.82) is 0 Å². The standard InChI is InChI=1S/La.8NO3.V/c;8*2-1(3)4;/q+3;8*-1;. The molecule has 0 unspecified atom stereocenters. The van der Waals surface area contributed by atoms with Crippen LogP contribution in [-0.2, 0) is 18.6 Å². The molecular formula is LaN8O24V-5. The van der Waals surface area contributed by atoms with Crippen molar-refractivity contribution >= 4 is 0 Å². The Morgan fingerprint density at radius 3 is 0.235 bits per heavy atom. The molecule has 0 aromatic carbocycles. The van der Waals surface area contributed by atoms with Crippen molar-refractivity contribution < 1.29 is 94.8 Å². The average molecular weight is 686 g/mol. The molecule has 0 aliphatic carbocycles. The summed E-state index contributed by atoms with van der Waals surface area (Å²) in [6, 6.07) is 0. The Kier molecular flexibility index (Phi) is 105. The van der Waals surface area contributed by atoms with E-state index in [4.69, 9.17) is 123 Å². The van der Waals surface area contributed by atoms with E-state index < -0.39 is 40.7 Å². The van der Waals surface area contributed by atoms with Gasteiger partial charge in [0.2, 0.25) is 0 Å². The van der Waals surface area contributed by atoms with Gasteiger partial charge in [-0.2, -0.15) is 0 Å². The van der Waals surface area contributed by atoms with Crippen molar-refractivity contribution in [3.63, 3.8) is 0 Å². The first-order valence-corrected chi connectivity index (χ1v) is 4.38. The van der Waals surface area contributed by atoms with Gasteiger partial charge in [0.15, 0.2) is 0 Å². The summed E-state index contributed by atoms with van der Waals surface area (Å²) in [6.07, 6.45) is 0. The van der Waals surface area contributed by atoms with Crippen LogP contribution < -0.4 is 0 Å². The molecule has 0 N–H and O–H groups in total. The zero-order valence-electron chi connectivity index (χ0n) is 14.4. The number of hydrogen-bond acceptors (Lipinski definition) is 24. The van der Waals surface area contributed by atoms with Crippen molar-refractivity contribution in [2.75, 3.05) is 0 Å². The predicted molar refractivity (Wildman–Crippen MR) is 82.9 cm³/mol. The molecule has 0 aromatic rings. The molecule has 0 fully saturated rings. The second-order valence-electron chi connectivity index (χ2n) is 1.79. The molecule has 32 nitrogen and oxygen atoms in total. The van der Waals surface area contributed by atoms with Crippen LogP contribution in [0.4, 0.5) is 0 Å². The van der Waals surface area contributed by atoms with E-state index in [2.05, 4.69) is 0 Å². The van der Waals surface area contributed by atoms with E-state index in [1.54, 1.807) is 0 Å². The minimum Gasteiger partial charge on any atom is -0.356 e. The molecule has 34 heteroatoms. The van der Waals surface area contributed by atoms with E-state index in [1.807, 2.05) is 0 Å². The summed E-state index contributed by atoms with van der Waals surface area (Å²) in [6.45, 7) is 0. The van der Waals surface area contributed by atoms with Crippen LogP contribution in [0.2, 0.25) is 0 Å². The molecule has 0 spiro atoms. The summed E-state index contributed by atoms with van der Waals surface area (Å²) in [4.78, 5) is 66.0. The van der Waals surface area contributed by atoms with Crippen molar-refractivity contribution in [3.8, 4) is 0 Å². The van der Waals surface area contributed by atoms with Gasteiger partial charge in [-0.25, -0.2) is 0 Å². The molecule has 197 valence electrons. The van der Waals surface area contributed by atoms with E-state index >= 15 is 0 Å². The molecule has 0 amide bonds. The minimum absolute atomic E-state index is 0. The van der Waals surface area contributed by atoms with Crippen molar-refractivity contribution in [2.24, 2.45) is 0 Å². The van der Waals surface area contributed by atoms with Crippen LogP contribution in [0, 0.1) is 158 Å².